The van der Waals surface area contributed by atoms with Crippen LogP contribution in [-0.2, 0) is 117 Å². The average molecular weight is 1960 g/mol. The molecule has 4 aliphatic heterocycles. The number of carboxylic acids is 3. The maximum absolute atomic E-state index is 16.0. The molecule has 43 heteroatoms. The van der Waals surface area contributed by atoms with E-state index in [1.54, 1.807) is 96.3 Å². The minimum atomic E-state index is -1.92. The number of nitrogens with zero attached hydrogens (tertiary/aromatic N) is 6. The lowest BCUT2D eigenvalue weighted by molar-refractivity contribution is -0.149. The number of hydrogen-bond donors (Lipinski definition) is 16. The van der Waals surface area contributed by atoms with Gasteiger partial charge in [0.1, 0.15) is 103 Å². The van der Waals surface area contributed by atoms with E-state index in [0.29, 0.717) is 64.2 Å². The van der Waals surface area contributed by atoms with Gasteiger partial charge in [0, 0.05) is 118 Å². The van der Waals surface area contributed by atoms with Crippen molar-refractivity contribution < 1.29 is 116 Å². The molecular weight excluding hydrogens is 1820 g/mol. The van der Waals surface area contributed by atoms with Crippen molar-refractivity contribution in [2.75, 3.05) is 51.8 Å². The summed E-state index contributed by atoms with van der Waals surface area (Å²) in [5.74, 6) is -21.4. The first kappa shape index (κ1) is 110. The van der Waals surface area contributed by atoms with Crippen molar-refractivity contribution in [3.8, 4) is 0 Å². The minimum absolute atomic E-state index is 0.0583. The Morgan fingerprint density at radius 1 is 0.518 bits per heavy atom. The molecule has 4 saturated heterocycles. The molecule has 2 aromatic heterocycles. The average Bonchev–Trinajstić information content (AvgIpc) is 1.64. The molecule has 0 radical (unpaired) electrons. The zero-order valence-electron chi connectivity index (χ0n) is 80.0. The van der Waals surface area contributed by atoms with E-state index in [1.807, 2.05) is 6.92 Å². The monoisotopic (exact) mass is 1960 g/mol. The number of nitrogens with one attached hydrogen (secondary N) is 10. The summed E-state index contributed by atoms with van der Waals surface area (Å²) in [6.45, 7) is 10.3. The van der Waals surface area contributed by atoms with Crippen LogP contribution >= 0.6 is 11.8 Å². The van der Waals surface area contributed by atoms with Gasteiger partial charge >= 0.3 is 17.9 Å². The number of H-pyrrole nitrogens is 1. The van der Waals surface area contributed by atoms with Gasteiger partial charge in [-0.1, -0.05) is 123 Å². The second-order valence-corrected chi connectivity index (χ2v) is 38.6. The number of carbonyl (C=O) groups excluding carboxylic acids is 16. The number of piperidine rings is 1. The zero-order chi connectivity index (χ0) is 102. The second kappa shape index (κ2) is 51.1. The SMILES string of the molecule is CCCC[C@H]1C(=O)N(C)[C@@H](CCCC)C(=O)N[C@@H](CCC(=O)O)C(=O)N[C@H](C(N)=O)CSCC(=O)N[C@@H](Cc2ccc(F)cc2)C(=O)N2CCCC[C@H]2C(=O)N[C@@H](CC(=O)O)C(=O)N2CCC[C@H]2C(=O)N[C@@H](CCC(=O)C(C)(C)C)C(=O)N[C@@H](CC(C)C)C(=O)N2C[C@H](O)C[C@H]2C(=O)N[C@@H](Cc2c[nH]c3ccccc23)C(=O)N[C@@H](CCN)C(=O)N[C@@H](Cc2cn(CC(=O)O)c3ccccc23)C(=O)N1C. The number of benzene rings is 3. The van der Waals surface area contributed by atoms with Gasteiger partial charge in [0.2, 0.25) is 88.6 Å². The Bertz CT molecular complexity index is 5300. The van der Waals surface area contributed by atoms with Gasteiger partial charge in [0.15, 0.2) is 0 Å². The molecule has 0 saturated carbocycles. The predicted molar refractivity (Wildman–Crippen MR) is 508 cm³/mol. The Hall–Kier alpha value is -12.9. The summed E-state index contributed by atoms with van der Waals surface area (Å²) >= 11 is 0.728. The quantitative estimate of drug-likeness (QED) is 0.0354. The number of Topliss-reactive ketones (excluding diaryl/α,β-unsaturated/α-hetero) is 1. The van der Waals surface area contributed by atoms with Crippen LogP contribution in [0.25, 0.3) is 21.8 Å². The maximum Gasteiger partial charge on any atom is 0.323 e. The summed E-state index contributed by atoms with van der Waals surface area (Å²) < 4.78 is 15.9. The van der Waals surface area contributed by atoms with Crippen LogP contribution < -0.4 is 59.3 Å². The van der Waals surface area contributed by atoms with Crippen molar-refractivity contribution in [2.45, 2.75) is 287 Å². The van der Waals surface area contributed by atoms with Crippen LogP contribution in [0.1, 0.15) is 187 Å². The Morgan fingerprint density at radius 2 is 1.04 bits per heavy atom. The Morgan fingerprint density at radius 3 is 1.65 bits per heavy atom. The number of likely N-dealkylation sites (N-methyl/N-ethyl adjacent to an activating group) is 2. The molecule has 0 unspecified atom stereocenters. The molecule has 6 heterocycles. The van der Waals surface area contributed by atoms with Gasteiger partial charge in [0.25, 0.3) is 0 Å². The Labute approximate surface area is 808 Å². The minimum Gasteiger partial charge on any atom is -0.481 e. The number of hydrogen-bond acceptors (Lipinski definition) is 22. The third-order valence-electron chi connectivity index (χ3n) is 25.6. The number of aliphatic hydroxyl groups is 1. The summed E-state index contributed by atoms with van der Waals surface area (Å²) in [7, 11) is 2.58. The van der Waals surface area contributed by atoms with Crippen molar-refractivity contribution in [2.24, 2.45) is 22.8 Å². The van der Waals surface area contributed by atoms with Gasteiger partial charge in [-0.3, -0.25) is 91.1 Å². The highest BCUT2D eigenvalue weighted by atomic mass is 32.2. The van der Waals surface area contributed by atoms with E-state index in [0.717, 1.165) is 48.4 Å². The van der Waals surface area contributed by atoms with Gasteiger partial charge in [0.05, 0.1) is 18.3 Å². The highest BCUT2D eigenvalue weighted by molar-refractivity contribution is 8.00. The molecule has 3 aromatic carbocycles. The Balaban J connectivity index is 1.12. The van der Waals surface area contributed by atoms with Crippen LogP contribution in [-0.4, -0.2) is 309 Å². The molecule has 5 aromatic rings. The molecule has 4 fully saturated rings. The van der Waals surface area contributed by atoms with Gasteiger partial charge in [-0.25, -0.2) is 4.39 Å². The van der Waals surface area contributed by atoms with E-state index in [4.69, 9.17) is 11.5 Å². The molecule has 15 atom stereocenters. The highest BCUT2D eigenvalue weighted by Crippen LogP contribution is 2.31. The molecule has 0 aliphatic carbocycles. The number of ketones is 1. The maximum atomic E-state index is 16.0. The number of aromatic amines is 1. The number of aliphatic hydroxyl groups excluding tert-OH is 1. The number of fused-ring (bicyclic) bond motifs is 5. The smallest absolute Gasteiger partial charge is 0.323 e. The Kier molecular flexibility index (Phi) is 40.3. The largest absolute Gasteiger partial charge is 0.481 e. The van der Waals surface area contributed by atoms with Crippen LogP contribution in [0.2, 0.25) is 0 Å². The van der Waals surface area contributed by atoms with Gasteiger partial charge in [-0.2, -0.15) is 0 Å². The molecule has 0 spiro atoms. The van der Waals surface area contributed by atoms with Crippen molar-refractivity contribution in [1.29, 1.82) is 0 Å². The number of primary amides is 1. The lowest BCUT2D eigenvalue weighted by atomic mass is 9.87. The van der Waals surface area contributed by atoms with Crippen LogP contribution in [0.3, 0.4) is 0 Å². The summed E-state index contributed by atoms with van der Waals surface area (Å²) in [5.41, 5.74) is 13.3. The first-order chi connectivity index (χ1) is 65.9. The van der Waals surface area contributed by atoms with Crippen LogP contribution in [0.4, 0.5) is 4.39 Å². The van der Waals surface area contributed by atoms with E-state index in [9.17, 15) is 63.2 Å². The zero-order valence-corrected chi connectivity index (χ0v) is 80.8. The van der Waals surface area contributed by atoms with Crippen molar-refractivity contribution in [3.63, 3.8) is 0 Å². The van der Waals surface area contributed by atoms with E-state index >= 15 is 52.7 Å². The summed E-state index contributed by atoms with van der Waals surface area (Å²) in [4.78, 5) is 286. The van der Waals surface area contributed by atoms with Crippen molar-refractivity contribution in [1.82, 2.24) is 81.9 Å². The van der Waals surface area contributed by atoms with E-state index in [-0.39, 0.29) is 109 Å². The van der Waals surface area contributed by atoms with Gasteiger partial charge in [-0.05, 0) is 124 Å². The number of para-hydroxylation sites is 2. The summed E-state index contributed by atoms with van der Waals surface area (Å²) in [6, 6.07) is -4.03. The fourth-order valence-electron chi connectivity index (χ4n) is 18.0. The van der Waals surface area contributed by atoms with Crippen LogP contribution in [0, 0.1) is 17.2 Å². The summed E-state index contributed by atoms with van der Waals surface area (Å²) in [5, 5.41) is 67.0. The molecule has 139 heavy (non-hydrogen) atoms. The highest BCUT2D eigenvalue weighted by Gasteiger charge is 2.48. The summed E-state index contributed by atoms with van der Waals surface area (Å²) in [6.07, 6.45) is -1.51. The molecule has 4 aliphatic rings. The third-order valence-corrected chi connectivity index (χ3v) is 26.6. The van der Waals surface area contributed by atoms with Crippen molar-refractivity contribution in [3.05, 3.63) is 108 Å². The fourth-order valence-corrected chi connectivity index (χ4v) is 18.9. The number of unbranched alkanes of at least 4 members (excludes halogenated alkanes) is 2. The van der Waals surface area contributed by atoms with Gasteiger partial charge < -0.3 is 114 Å². The number of thioether (sulfide) groups is 1. The number of rotatable bonds is 27. The van der Waals surface area contributed by atoms with Crippen LogP contribution in [0.15, 0.2) is 85.2 Å². The molecular formula is C96H133FN18O23S. The topological polar surface area (TPSA) is 602 Å². The number of carboxylic acid groups (broad SMARTS) is 3. The first-order valence-corrected chi connectivity index (χ1v) is 48.5. The van der Waals surface area contributed by atoms with E-state index in [2.05, 4.69) is 52.8 Å². The molecule has 0 bridgehead atoms. The number of amides is 15. The number of nitrogens with two attached hydrogens (primary N) is 2. The number of aliphatic carboxylic acids is 3. The molecule has 18 N–H and O–H groups in total. The van der Waals surface area contributed by atoms with Gasteiger partial charge in [-0.15, -0.1) is 11.8 Å². The van der Waals surface area contributed by atoms with E-state index < -0.39 is 271 Å². The number of aromatic nitrogens is 2. The standard InChI is InChI=1S/C96H133FN18O23S/c1-10-12-24-72-87(130)103-63(34-36-79(119)120)84(127)109-70(82(99)125)51-139-52-78(118)101-67(42-54-29-31-57(97)32-30-54)92(135)113-39-19-18-27-73(113)89(132)108-69(46-80(121)122)93(136)114-40-20-28-74(114)88(131)104-62(33-35-77(117)96(5,6)7)83(126)106-66(41-53(3)4)94(137)115-49-58(116)45-76(115)90(133)105-65(43-55-47-100-61-23-16-14-21-59(55)61)86(129)102-64(37-38-98)85(128)107-68(91(134)111(9)75(25-13-11-2)95(138)110(72)8)44-56-48-112(50-81(123)124)71-26-17-15-22-60(56)71/h14-17,21-23,26,29-32,47-48,53,58,62-70,72-76,100,116H,10-13,18-20,24-25,27-28,33-46,49-52,98H2,1-9H3,(H2,99,125)(H,101,118)(H,102,129)(H,103,130)(H,104,131)(H,105,133)(H,106,126)(H,107,128)(H,108,132)(H,109,127)(H,119,120)(H,121,122)(H,123,124)/t58-,62+,63+,64+,65+,66+,67+,68+,69+,70+,72+,73+,74+,75+,76+/m1/s1. The lowest BCUT2D eigenvalue weighted by Crippen LogP contribution is -2.61. The number of halogens is 1. The van der Waals surface area contributed by atoms with Crippen LogP contribution in [0.5, 0.6) is 0 Å². The lowest BCUT2D eigenvalue weighted by Gasteiger charge is -2.38. The normalized spacial score (nSPS) is 25.0. The first-order valence-electron chi connectivity index (χ1n) is 47.4. The van der Waals surface area contributed by atoms with Crippen molar-refractivity contribution >= 4 is 146 Å². The molecule has 15 amide bonds. The van der Waals surface area contributed by atoms with E-state index in [1.165, 1.54) is 37.0 Å². The molecule has 9 rings (SSSR count). The molecule has 758 valence electrons. The second-order valence-electron chi connectivity index (χ2n) is 37.6. The third kappa shape index (κ3) is 30.3. The molecule has 41 nitrogen and oxygen atoms in total. The predicted octanol–water partition coefficient (Wildman–Crippen LogP) is 1.47. The fraction of sp³-hybridized carbons (Fsp3) is 0.573. The number of carbonyl (C=O) groups is 19.